The van der Waals surface area contributed by atoms with Crippen LogP contribution < -0.4 is 15.6 Å². The zero-order valence-electron chi connectivity index (χ0n) is 17.9. The minimum atomic E-state index is -3.62. The molecule has 0 aliphatic rings. The molecule has 1 aromatic heterocycles. The van der Waals surface area contributed by atoms with Gasteiger partial charge in [-0.05, 0) is 50.1 Å². The number of rotatable bonds is 7. The zero-order valence-corrected chi connectivity index (χ0v) is 18.7. The first kappa shape index (κ1) is 22.6. The molecule has 0 aliphatic carbocycles. The Morgan fingerprint density at radius 3 is 2.19 bits per heavy atom. The number of hydrogen-bond donors (Lipinski definition) is 2. The molecule has 0 saturated carbocycles. The van der Waals surface area contributed by atoms with Crippen LogP contribution in [0.2, 0.25) is 0 Å². The second kappa shape index (κ2) is 8.99. The molecule has 2 N–H and O–H groups in total. The first-order valence-corrected chi connectivity index (χ1v) is 11.5. The van der Waals surface area contributed by atoms with Crippen LogP contribution >= 0.6 is 0 Å². The van der Waals surface area contributed by atoms with Crippen LogP contribution in [0.5, 0.6) is 0 Å². The molecule has 0 fully saturated rings. The molecule has 1 heterocycles. The molecule has 0 atom stereocenters. The van der Waals surface area contributed by atoms with Gasteiger partial charge in [-0.1, -0.05) is 32.0 Å². The monoisotopic (exact) mass is 442 g/mol. The van der Waals surface area contributed by atoms with Crippen molar-refractivity contribution in [2.75, 3.05) is 5.32 Å². The van der Waals surface area contributed by atoms with Crippen LogP contribution in [0.15, 0.2) is 58.2 Å². The lowest BCUT2D eigenvalue weighted by Gasteiger charge is -2.13. The van der Waals surface area contributed by atoms with Gasteiger partial charge in [0.05, 0.1) is 10.3 Å². The first-order valence-electron chi connectivity index (χ1n) is 10.0. The lowest BCUT2D eigenvalue weighted by atomic mass is 10.1. The van der Waals surface area contributed by atoms with Crippen LogP contribution in [0.3, 0.4) is 0 Å². The number of fused-ring (bicyclic) bond motifs is 1. The predicted octanol–water partition coefficient (Wildman–Crippen LogP) is 2.99. The Morgan fingerprint density at radius 1 is 1.00 bits per heavy atom. The second-order valence-electron chi connectivity index (χ2n) is 8.03. The third-order valence-electron chi connectivity index (χ3n) is 4.43. The van der Waals surface area contributed by atoms with Gasteiger partial charge in [-0.3, -0.25) is 9.59 Å². The van der Waals surface area contributed by atoms with E-state index in [0.29, 0.717) is 23.0 Å². The Bertz CT molecular complexity index is 1260. The van der Waals surface area contributed by atoms with Crippen molar-refractivity contribution in [2.24, 2.45) is 5.92 Å². The van der Waals surface area contributed by atoms with Crippen LogP contribution in [0.4, 0.5) is 5.69 Å². The molecular weight excluding hydrogens is 416 g/mol. The zero-order chi connectivity index (χ0) is 22.8. The number of nitrogens with zero attached hydrogens (tertiary/aromatic N) is 2. The normalized spacial score (nSPS) is 11.9. The molecule has 3 rings (SSSR count). The van der Waals surface area contributed by atoms with E-state index in [0.717, 1.165) is 0 Å². The first-order chi connectivity index (χ1) is 14.6. The van der Waals surface area contributed by atoms with Gasteiger partial charge < -0.3 is 5.32 Å². The van der Waals surface area contributed by atoms with Gasteiger partial charge in [0.15, 0.2) is 5.69 Å². The van der Waals surface area contributed by atoms with E-state index in [-0.39, 0.29) is 28.1 Å². The highest BCUT2D eigenvalue weighted by molar-refractivity contribution is 7.89. The summed E-state index contributed by atoms with van der Waals surface area (Å²) in [5.74, 6) is -0.305. The lowest BCUT2D eigenvalue weighted by molar-refractivity contribution is 0.102. The smallest absolute Gasteiger partial charge is 0.276 e. The number of amides is 1. The molecule has 0 spiro atoms. The fourth-order valence-electron chi connectivity index (χ4n) is 3.16. The Morgan fingerprint density at radius 2 is 1.61 bits per heavy atom. The molecule has 0 unspecified atom stereocenters. The predicted molar refractivity (Wildman–Crippen MR) is 121 cm³/mol. The maximum atomic E-state index is 13.0. The summed E-state index contributed by atoms with van der Waals surface area (Å²) in [6, 6.07) is 12.5. The van der Waals surface area contributed by atoms with Crippen molar-refractivity contribution in [2.45, 2.75) is 45.2 Å². The molecule has 0 saturated heterocycles. The van der Waals surface area contributed by atoms with Gasteiger partial charge in [0.25, 0.3) is 11.5 Å². The average Bonchev–Trinajstić information content (AvgIpc) is 2.69. The minimum Gasteiger partial charge on any atom is -0.321 e. The molecule has 8 nitrogen and oxygen atoms in total. The molecule has 2 aromatic carbocycles. The molecular formula is C22H26N4O4S. The van der Waals surface area contributed by atoms with Gasteiger partial charge in [0.2, 0.25) is 10.0 Å². The Hall–Kier alpha value is -3.04. The summed E-state index contributed by atoms with van der Waals surface area (Å²) >= 11 is 0. The maximum absolute atomic E-state index is 13.0. The minimum absolute atomic E-state index is 0.105. The van der Waals surface area contributed by atoms with E-state index in [1.165, 1.54) is 28.9 Å². The number of benzene rings is 2. The molecule has 31 heavy (non-hydrogen) atoms. The fourth-order valence-corrected chi connectivity index (χ4v) is 4.41. The summed E-state index contributed by atoms with van der Waals surface area (Å²) in [6.07, 6.45) is 0. The maximum Gasteiger partial charge on any atom is 0.276 e. The van der Waals surface area contributed by atoms with Crippen molar-refractivity contribution in [1.82, 2.24) is 14.5 Å². The number of sulfonamides is 1. The molecule has 0 aliphatic heterocycles. The van der Waals surface area contributed by atoms with Gasteiger partial charge in [0.1, 0.15) is 0 Å². The lowest BCUT2D eigenvalue weighted by Crippen LogP contribution is -2.30. The quantitative estimate of drug-likeness (QED) is 0.584. The molecule has 1 amide bonds. The third kappa shape index (κ3) is 5.18. The number of hydrogen-bond acceptors (Lipinski definition) is 5. The van der Waals surface area contributed by atoms with E-state index in [4.69, 9.17) is 0 Å². The van der Waals surface area contributed by atoms with E-state index in [2.05, 4.69) is 15.1 Å². The highest BCUT2D eigenvalue weighted by Crippen LogP contribution is 2.18. The Kier molecular flexibility index (Phi) is 6.56. The van der Waals surface area contributed by atoms with Crippen molar-refractivity contribution in [3.05, 3.63) is 64.6 Å². The molecule has 0 bridgehead atoms. The Labute approximate surface area is 181 Å². The topological polar surface area (TPSA) is 110 Å². The van der Waals surface area contributed by atoms with Crippen molar-refractivity contribution < 1.29 is 13.2 Å². The average molecular weight is 443 g/mol. The van der Waals surface area contributed by atoms with Crippen molar-refractivity contribution >= 4 is 32.4 Å². The number of anilines is 1. The number of carbonyl (C=O) groups is 1. The van der Waals surface area contributed by atoms with Gasteiger partial charge >= 0.3 is 0 Å². The second-order valence-corrected chi connectivity index (χ2v) is 9.74. The van der Waals surface area contributed by atoms with Gasteiger partial charge in [0, 0.05) is 23.7 Å². The van der Waals surface area contributed by atoms with Crippen LogP contribution in [-0.4, -0.2) is 30.1 Å². The Balaban J connectivity index is 1.93. The largest absolute Gasteiger partial charge is 0.321 e. The van der Waals surface area contributed by atoms with Crippen LogP contribution in [0.25, 0.3) is 10.8 Å². The van der Waals surface area contributed by atoms with Gasteiger partial charge in [-0.25, -0.2) is 17.8 Å². The van der Waals surface area contributed by atoms with E-state index in [1.807, 2.05) is 13.8 Å². The SMILES string of the molecule is CC(C)Cn1nc(C(=O)Nc2ccc(S(=O)(=O)NC(C)C)cc2)c2ccccc2c1=O. The van der Waals surface area contributed by atoms with Gasteiger partial charge in [-0.2, -0.15) is 5.10 Å². The number of carbonyl (C=O) groups excluding carboxylic acids is 1. The summed E-state index contributed by atoms with van der Waals surface area (Å²) < 4.78 is 28.3. The van der Waals surface area contributed by atoms with Crippen molar-refractivity contribution in [3.8, 4) is 0 Å². The summed E-state index contributed by atoms with van der Waals surface area (Å²) in [4.78, 5) is 25.8. The summed E-state index contributed by atoms with van der Waals surface area (Å²) in [5.41, 5.74) is 0.308. The number of nitrogens with one attached hydrogen (secondary N) is 2. The highest BCUT2D eigenvalue weighted by atomic mass is 32.2. The van der Waals surface area contributed by atoms with E-state index >= 15 is 0 Å². The standard InChI is InChI=1S/C22H26N4O4S/c1-14(2)13-26-22(28)19-8-6-5-7-18(19)20(24-26)21(27)23-16-9-11-17(12-10-16)31(29,30)25-15(3)4/h5-12,14-15,25H,13H2,1-4H3,(H,23,27). The highest BCUT2D eigenvalue weighted by Gasteiger charge is 2.18. The van der Waals surface area contributed by atoms with Crippen molar-refractivity contribution in [3.63, 3.8) is 0 Å². The molecule has 9 heteroatoms. The molecule has 3 aromatic rings. The summed E-state index contributed by atoms with van der Waals surface area (Å²) in [6.45, 7) is 7.79. The summed E-state index contributed by atoms with van der Waals surface area (Å²) in [7, 11) is -3.62. The third-order valence-corrected chi connectivity index (χ3v) is 6.11. The molecule has 164 valence electrons. The van der Waals surface area contributed by atoms with Gasteiger partial charge in [-0.15, -0.1) is 0 Å². The van der Waals surface area contributed by atoms with Crippen LogP contribution in [0.1, 0.15) is 38.2 Å². The van der Waals surface area contributed by atoms with Crippen molar-refractivity contribution in [1.29, 1.82) is 0 Å². The molecule has 0 radical (unpaired) electrons. The van der Waals surface area contributed by atoms with E-state index in [9.17, 15) is 18.0 Å². The van der Waals surface area contributed by atoms with E-state index in [1.54, 1.807) is 38.1 Å². The van der Waals surface area contributed by atoms with Crippen LogP contribution in [0, 0.1) is 5.92 Å². The number of aromatic nitrogens is 2. The van der Waals surface area contributed by atoms with Crippen LogP contribution in [-0.2, 0) is 16.6 Å². The fraction of sp³-hybridized carbons (Fsp3) is 0.318. The van der Waals surface area contributed by atoms with E-state index < -0.39 is 15.9 Å². The summed E-state index contributed by atoms with van der Waals surface area (Å²) in [5, 5.41) is 7.93.